The van der Waals surface area contributed by atoms with Gasteiger partial charge in [0.15, 0.2) is 11.4 Å². The number of unbranched alkanes of at least 4 members (excludes halogenated alkanes) is 5. The SMILES string of the molecule is CCCCCCCCC(O)C(=O)ON=O. The summed E-state index contributed by atoms with van der Waals surface area (Å²) < 4.78 is 0. The largest absolute Gasteiger partial charge is 0.381 e. The summed E-state index contributed by atoms with van der Waals surface area (Å²) >= 11 is 0. The summed E-state index contributed by atoms with van der Waals surface area (Å²) in [6, 6.07) is 0. The molecule has 1 N–H and O–H groups in total. The summed E-state index contributed by atoms with van der Waals surface area (Å²) in [6.07, 6.45) is 5.58. The maximum absolute atomic E-state index is 10.7. The lowest BCUT2D eigenvalue weighted by Gasteiger charge is -2.05. The summed E-state index contributed by atoms with van der Waals surface area (Å²) in [5, 5.41) is 11.1. The molecule has 0 aliphatic heterocycles. The number of carbonyl (C=O) groups is 1. The van der Waals surface area contributed by atoms with Gasteiger partial charge in [-0.1, -0.05) is 45.4 Å². The Labute approximate surface area is 89.7 Å². The Bertz CT molecular complexity index is 184. The normalized spacial score (nSPS) is 12.1. The number of carbonyl (C=O) groups excluding carboxylic acids is 1. The minimum atomic E-state index is -1.21. The Balaban J connectivity index is 3.34. The topological polar surface area (TPSA) is 76.0 Å². The summed E-state index contributed by atoms with van der Waals surface area (Å²) in [5.41, 5.74) is 0. The molecular weight excluding hydrogens is 198 g/mol. The first-order valence-corrected chi connectivity index (χ1v) is 5.44. The van der Waals surface area contributed by atoms with E-state index in [0.29, 0.717) is 6.42 Å². The van der Waals surface area contributed by atoms with Crippen molar-refractivity contribution in [1.29, 1.82) is 0 Å². The van der Waals surface area contributed by atoms with Crippen molar-refractivity contribution in [3.8, 4) is 0 Å². The van der Waals surface area contributed by atoms with Gasteiger partial charge in [-0.2, -0.15) is 0 Å². The van der Waals surface area contributed by atoms with Crippen LogP contribution in [0.15, 0.2) is 5.34 Å². The first kappa shape index (κ1) is 14.0. The van der Waals surface area contributed by atoms with E-state index in [1.807, 2.05) is 5.34 Å². The lowest BCUT2D eigenvalue weighted by Crippen LogP contribution is -2.20. The molecule has 88 valence electrons. The zero-order valence-corrected chi connectivity index (χ0v) is 9.15. The van der Waals surface area contributed by atoms with Crippen molar-refractivity contribution in [2.24, 2.45) is 5.34 Å². The highest BCUT2D eigenvalue weighted by Gasteiger charge is 2.16. The van der Waals surface area contributed by atoms with E-state index in [9.17, 15) is 14.8 Å². The lowest BCUT2D eigenvalue weighted by molar-refractivity contribution is -0.154. The summed E-state index contributed by atoms with van der Waals surface area (Å²) in [6.45, 7) is 2.15. The molecule has 0 saturated heterocycles. The van der Waals surface area contributed by atoms with Crippen LogP contribution in [0.25, 0.3) is 0 Å². The molecule has 5 nitrogen and oxygen atoms in total. The number of hydrogen-bond donors (Lipinski definition) is 1. The highest BCUT2D eigenvalue weighted by atomic mass is 16.7. The Hall–Kier alpha value is -0.970. The van der Waals surface area contributed by atoms with Gasteiger partial charge in [-0.3, -0.25) is 4.84 Å². The van der Waals surface area contributed by atoms with E-state index in [1.165, 1.54) is 19.3 Å². The summed E-state index contributed by atoms with van der Waals surface area (Å²) in [7, 11) is 0. The number of hydrogen-bond acceptors (Lipinski definition) is 5. The summed E-state index contributed by atoms with van der Waals surface area (Å²) in [5.74, 6) is -0.960. The van der Waals surface area contributed by atoms with E-state index in [1.54, 1.807) is 0 Å². The van der Waals surface area contributed by atoms with Gasteiger partial charge < -0.3 is 5.11 Å². The van der Waals surface area contributed by atoms with Crippen molar-refractivity contribution < 1.29 is 14.7 Å². The van der Waals surface area contributed by atoms with Crippen LogP contribution in [-0.2, 0) is 9.63 Å². The van der Waals surface area contributed by atoms with Crippen LogP contribution in [0.3, 0.4) is 0 Å². The molecule has 1 atom stereocenters. The molecule has 0 aromatic rings. The first-order chi connectivity index (χ1) is 7.22. The van der Waals surface area contributed by atoms with Crippen LogP contribution < -0.4 is 0 Å². The van der Waals surface area contributed by atoms with Gasteiger partial charge >= 0.3 is 5.97 Å². The minimum Gasteiger partial charge on any atom is -0.381 e. The second-order valence-electron chi connectivity index (χ2n) is 3.56. The molecular formula is C10H19NO4. The summed E-state index contributed by atoms with van der Waals surface area (Å²) in [4.78, 5) is 24.1. The fraction of sp³-hybridized carbons (Fsp3) is 0.900. The Morgan fingerprint density at radius 1 is 1.27 bits per heavy atom. The fourth-order valence-electron chi connectivity index (χ4n) is 1.33. The van der Waals surface area contributed by atoms with Crippen LogP contribution in [0, 0.1) is 4.91 Å². The predicted molar refractivity (Wildman–Crippen MR) is 55.9 cm³/mol. The van der Waals surface area contributed by atoms with Gasteiger partial charge in [0.05, 0.1) is 0 Å². The average molecular weight is 217 g/mol. The zero-order valence-electron chi connectivity index (χ0n) is 9.15. The molecule has 5 heteroatoms. The minimum absolute atomic E-state index is 0.334. The van der Waals surface area contributed by atoms with Crippen molar-refractivity contribution in [2.45, 2.75) is 58.0 Å². The van der Waals surface area contributed by atoms with Crippen LogP contribution in [-0.4, -0.2) is 17.2 Å². The molecule has 0 amide bonds. The molecule has 1 unspecified atom stereocenters. The fourth-order valence-corrected chi connectivity index (χ4v) is 1.33. The van der Waals surface area contributed by atoms with E-state index in [4.69, 9.17) is 0 Å². The molecule has 0 radical (unpaired) electrons. The Kier molecular flexibility index (Phi) is 8.96. The third-order valence-electron chi connectivity index (χ3n) is 2.23. The van der Waals surface area contributed by atoms with Crippen LogP contribution in [0.1, 0.15) is 51.9 Å². The lowest BCUT2D eigenvalue weighted by atomic mass is 10.1. The number of aliphatic hydroxyl groups is 1. The molecule has 0 rings (SSSR count). The average Bonchev–Trinajstić information content (AvgIpc) is 2.23. The highest BCUT2D eigenvalue weighted by molar-refractivity contribution is 5.73. The molecule has 0 aromatic carbocycles. The van der Waals surface area contributed by atoms with Gasteiger partial charge in [0.1, 0.15) is 0 Å². The van der Waals surface area contributed by atoms with E-state index >= 15 is 0 Å². The van der Waals surface area contributed by atoms with Gasteiger partial charge in [0, 0.05) is 0 Å². The van der Waals surface area contributed by atoms with Crippen molar-refractivity contribution in [2.75, 3.05) is 0 Å². The molecule has 0 spiro atoms. The Morgan fingerprint density at radius 2 is 1.87 bits per heavy atom. The second kappa shape index (κ2) is 9.58. The number of aliphatic hydroxyl groups excluding tert-OH is 1. The van der Waals surface area contributed by atoms with Gasteiger partial charge in [-0.25, -0.2) is 4.79 Å². The van der Waals surface area contributed by atoms with Crippen molar-refractivity contribution in [3.05, 3.63) is 4.91 Å². The third kappa shape index (κ3) is 8.05. The maximum atomic E-state index is 10.7. The standard InChI is InChI=1S/C10H19NO4/c1-2-3-4-5-6-7-8-9(12)10(13)15-11-14/h9,12H,2-8H2,1H3. The van der Waals surface area contributed by atoms with Gasteiger partial charge in [0.2, 0.25) is 0 Å². The van der Waals surface area contributed by atoms with E-state index < -0.39 is 12.1 Å². The van der Waals surface area contributed by atoms with Crippen LogP contribution in [0.2, 0.25) is 0 Å². The number of rotatable bonds is 9. The molecule has 0 heterocycles. The molecule has 0 fully saturated rings. The van der Waals surface area contributed by atoms with E-state index in [0.717, 1.165) is 19.3 Å². The molecule has 0 saturated carbocycles. The van der Waals surface area contributed by atoms with Crippen LogP contribution in [0.5, 0.6) is 0 Å². The van der Waals surface area contributed by atoms with E-state index in [2.05, 4.69) is 11.8 Å². The second-order valence-corrected chi connectivity index (χ2v) is 3.56. The van der Waals surface area contributed by atoms with Gasteiger partial charge in [-0.15, -0.1) is 4.91 Å². The van der Waals surface area contributed by atoms with Crippen molar-refractivity contribution in [3.63, 3.8) is 0 Å². The molecule has 15 heavy (non-hydrogen) atoms. The van der Waals surface area contributed by atoms with Crippen LogP contribution in [0.4, 0.5) is 0 Å². The van der Waals surface area contributed by atoms with Crippen molar-refractivity contribution in [1.82, 2.24) is 0 Å². The molecule has 0 aliphatic carbocycles. The monoisotopic (exact) mass is 217 g/mol. The smallest absolute Gasteiger partial charge is 0.366 e. The van der Waals surface area contributed by atoms with Gasteiger partial charge in [-0.05, 0) is 6.42 Å². The molecule has 0 aliphatic rings. The van der Waals surface area contributed by atoms with Crippen LogP contribution >= 0.6 is 0 Å². The molecule has 0 aromatic heterocycles. The quantitative estimate of drug-likeness (QED) is 0.365. The maximum Gasteiger partial charge on any atom is 0.366 e. The Morgan fingerprint density at radius 3 is 2.47 bits per heavy atom. The number of nitrogens with zero attached hydrogens (tertiary/aromatic N) is 1. The van der Waals surface area contributed by atoms with Crippen molar-refractivity contribution >= 4 is 5.97 Å². The zero-order chi connectivity index (χ0) is 11.5. The highest BCUT2D eigenvalue weighted by Crippen LogP contribution is 2.09. The molecule has 0 bridgehead atoms. The first-order valence-electron chi connectivity index (χ1n) is 5.44. The predicted octanol–water partition coefficient (Wildman–Crippen LogP) is 2.32. The third-order valence-corrected chi connectivity index (χ3v) is 2.23. The van der Waals surface area contributed by atoms with Gasteiger partial charge in [0.25, 0.3) is 0 Å². The van der Waals surface area contributed by atoms with E-state index in [-0.39, 0.29) is 0 Å².